The molecule has 0 saturated heterocycles. The van der Waals surface area contributed by atoms with Gasteiger partial charge in [0, 0.05) is 5.88 Å². The minimum atomic E-state index is -2.85. The third kappa shape index (κ3) is 4.58. The van der Waals surface area contributed by atoms with Crippen molar-refractivity contribution in [1.82, 2.24) is 0 Å². The SMILES string of the molecule is N#CCc1cc(OC(F)F)ccc1CCCCl. The lowest BCUT2D eigenvalue weighted by Crippen LogP contribution is -2.03. The van der Waals surface area contributed by atoms with E-state index in [-0.39, 0.29) is 12.2 Å². The lowest BCUT2D eigenvalue weighted by molar-refractivity contribution is -0.0498. The van der Waals surface area contributed by atoms with E-state index in [0.29, 0.717) is 5.88 Å². The van der Waals surface area contributed by atoms with Crippen LogP contribution in [0.3, 0.4) is 0 Å². The maximum atomic E-state index is 12.0. The quantitative estimate of drug-likeness (QED) is 0.732. The third-order valence-electron chi connectivity index (χ3n) is 2.25. The second-order valence-electron chi connectivity index (χ2n) is 3.44. The summed E-state index contributed by atoms with van der Waals surface area (Å²) in [4.78, 5) is 0. The first-order valence-corrected chi connectivity index (χ1v) is 5.70. The molecule has 0 heterocycles. The molecule has 0 saturated carbocycles. The Bertz CT molecular complexity index is 404. The Balaban J connectivity index is 2.87. The van der Waals surface area contributed by atoms with Crippen LogP contribution < -0.4 is 4.74 Å². The Morgan fingerprint density at radius 2 is 2.12 bits per heavy atom. The molecule has 0 aliphatic heterocycles. The second kappa shape index (κ2) is 7.08. The van der Waals surface area contributed by atoms with Gasteiger partial charge in [0.25, 0.3) is 0 Å². The highest BCUT2D eigenvalue weighted by molar-refractivity contribution is 6.17. The zero-order valence-corrected chi connectivity index (χ0v) is 9.88. The number of hydrogen-bond donors (Lipinski definition) is 0. The van der Waals surface area contributed by atoms with Crippen LogP contribution in [-0.2, 0) is 12.8 Å². The van der Waals surface area contributed by atoms with Gasteiger partial charge in [-0.3, -0.25) is 0 Å². The maximum absolute atomic E-state index is 12.0. The number of nitriles is 1. The van der Waals surface area contributed by atoms with E-state index in [4.69, 9.17) is 16.9 Å². The van der Waals surface area contributed by atoms with Gasteiger partial charge in [0.15, 0.2) is 0 Å². The molecule has 0 amide bonds. The lowest BCUT2D eigenvalue weighted by Gasteiger charge is -2.10. The van der Waals surface area contributed by atoms with Gasteiger partial charge in [0.1, 0.15) is 5.75 Å². The van der Waals surface area contributed by atoms with Gasteiger partial charge in [-0.15, -0.1) is 11.6 Å². The molecule has 0 atom stereocenters. The molecular formula is C12H12ClF2NO. The average Bonchev–Trinajstić information content (AvgIpc) is 2.28. The van der Waals surface area contributed by atoms with Crippen molar-refractivity contribution >= 4 is 11.6 Å². The summed E-state index contributed by atoms with van der Waals surface area (Å²) in [6.07, 6.45) is 1.70. The van der Waals surface area contributed by atoms with Gasteiger partial charge in [-0.1, -0.05) is 6.07 Å². The molecule has 0 N–H and O–H groups in total. The van der Waals surface area contributed by atoms with Crippen molar-refractivity contribution in [3.05, 3.63) is 29.3 Å². The third-order valence-corrected chi connectivity index (χ3v) is 2.52. The highest BCUT2D eigenvalue weighted by atomic mass is 35.5. The van der Waals surface area contributed by atoms with E-state index in [1.165, 1.54) is 12.1 Å². The number of benzene rings is 1. The van der Waals surface area contributed by atoms with Gasteiger partial charge in [-0.2, -0.15) is 14.0 Å². The highest BCUT2D eigenvalue weighted by Crippen LogP contribution is 2.21. The zero-order valence-electron chi connectivity index (χ0n) is 9.13. The fraction of sp³-hybridized carbons (Fsp3) is 0.417. The molecule has 0 unspecified atom stereocenters. The zero-order chi connectivity index (χ0) is 12.7. The van der Waals surface area contributed by atoms with Crippen LogP contribution in [0.2, 0.25) is 0 Å². The number of aryl methyl sites for hydroxylation is 1. The Morgan fingerprint density at radius 1 is 1.35 bits per heavy atom. The topological polar surface area (TPSA) is 33.0 Å². The summed E-state index contributed by atoms with van der Waals surface area (Å²) in [6.45, 7) is -2.85. The smallest absolute Gasteiger partial charge is 0.387 e. The summed E-state index contributed by atoms with van der Waals surface area (Å²) in [5.41, 5.74) is 1.67. The van der Waals surface area contributed by atoms with Crippen LogP contribution in [0.5, 0.6) is 5.75 Å². The predicted octanol–water partition coefficient (Wildman–Crippen LogP) is 3.53. The Hall–Kier alpha value is -1.34. The van der Waals surface area contributed by atoms with Crippen molar-refractivity contribution in [2.75, 3.05) is 5.88 Å². The fourth-order valence-electron chi connectivity index (χ4n) is 1.53. The molecule has 0 fully saturated rings. The van der Waals surface area contributed by atoms with Crippen molar-refractivity contribution in [3.8, 4) is 11.8 Å². The number of halogens is 3. The molecular weight excluding hydrogens is 248 g/mol. The van der Waals surface area contributed by atoms with Crippen LogP contribution in [0.25, 0.3) is 0 Å². The van der Waals surface area contributed by atoms with Crippen LogP contribution in [0.15, 0.2) is 18.2 Å². The number of nitrogens with zero attached hydrogens (tertiary/aromatic N) is 1. The van der Waals surface area contributed by atoms with E-state index in [2.05, 4.69) is 4.74 Å². The predicted molar refractivity (Wildman–Crippen MR) is 61.4 cm³/mol. The van der Waals surface area contributed by atoms with Crippen molar-refractivity contribution in [2.45, 2.75) is 25.9 Å². The molecule has 92 valence electrons. The molecule has 0 radical (unpaired) electrons. The average molecular weight is 260 g/mol. The van der Waals surface area contributed by atoms with Crippen LogP contribution >= 0.6 is 11.6 Å². The summed E-state index contributed by atoms with van der Waals surface area (Å²) in [5, 5.41) is 8.68. The Labute approximate surface area is 104 Å². The summed E-state index contributed by atoms with van der Waals surface area (Å²) in [5.74, 6) is 0.612. The van der Waals surface area contributed by atoms with Crippen molar-refractivity contribution in [2.24, 2.45) is 0 Å². The minimum absolute atomic E-state index is 0.0832. The number of hydrogen-bond acceptors (Lipinski definition) is 2. The minimum Gasteiger partial charge on any atom is -0.435 e. The van der Waals surface area contributed by atoms with Gasteiger partial charge < -0.3 is 4.74 Å². The molecule has 2 nitrogen and oxygen atoms in total. The monoisotopic (exact) mass is 259 g/mol. The summed E-state index contributed by atoms with van der Waals surface area (Å²) < 4.78 is 28.4. The summed E-state index contributed by atoms with van der Waals surface area (Å²) in [6, 6.07) is 6.68. The van der Waals surface area contributed by atoms with Crippen molar-refractivity contribution < 1.29 is 13.5 Å². The van der Waals surface area contributed by atoms with Crippen LogP contribution in [0.1, 0.15) is 17.5 Å². The van der Waals surface area contributed by atoms with Crippen LogP contribution in [0, 0.1) is 11.3 Å². The molecule has 1 aromatic rings. The van der Waals surface area contributed by atoms with Gasteiger partial charge in [0.2, 0.25) is 0 Å². The first kappa shape index (κ1) is 13.7. The first-order chi connectivity index (χ1) is 8.17. The van der Waals surface area contributed by atoms with Crippen molar-refractivity contribution in [3.63, 3.8) is 0 Å². The summed E-state index contributed by atoms with van der Waals surface area (Å²) in [7, 11) is 0. The van der Waals surface area contributed by atoms with E-state index in [9.17, 15) is 8.78 Å². The Morgan fingerprint density at radius 3 is 2.71 bits per heavy atom. The van der Waals surface area contributed by atoms with E-state index in [1.807, 2.05) is 6.07 Å². The Kier molecular flexibility index (Phi) is 5.71. The number of alkyl halides is 3. The molecule has 0 aliphatic carbocycles. The van der Waals surface area contributed by atoms with Crippen LogP contribution in [-0.4, -0.2) is 12.5 Å². The molecule has 0 aromatic heterocycles. The van der Waals surface area contributed by atoms with Gasteiger partial charge >= 0.3 is 6.61 Å². The molecule has 0 aliphatic rings. The van der Waals surface area contributed by atoms with Crippen LogP contribution in [0.4, 0.5) is 8.78 Å². The standard InChI is InChI=1S/C12H12ClF2NO/c13-6-1-2-9-3-4-11(17-12(14)15)8-10(9)5-7-16/h3-4,8,12H,1-2,5-6H2. The summed E-state index contributed by atoms with van der Waals surface area (Å²) >= 11 is 5.59. The molecule has 0 bridgehead atoms. The fourth-order valence-corrected chi connectivity index (χ4v) is 1.66. The van der Waals surface area contributed by atoms with Gasteiger partial charge in [-0.05, 0) is 36.1 Å². The molecule has 1 aromatic carbocycles. The normalized spacial score (nSPS) is 10.3. The number of rotatable bonds is 6. The van der Waals surface area contributed by atoms with E-state index >= 15 is 0 Å². The molecule has 5 heteroatoms. The van der Waals surface area contributed by atoms with Gasteiger partial charge in [-0.25, -0.2) is 0 Å². The molecule has 0 spiro atoms. The van der Waals surface area contributed by atoms with E-state index in [1.54, 1.807) is 6.07 Å². The van der Waals surface area contributed by atoms with E-state index < -0.39 is 6.61 Å². The second-order valence-corrected chi connectivity index (χ2v) is 3.81. The lowest BCUT2D eigenvalue weighted by atomic mass is 10.0. The van der Waals surface area contributed by atoms with Crippen molar-refractivity contribution in [1.29, 1.82) is 5.26 Å². The van der Waals surface area contributed by atoms with Gasteiger partial charge in [0.05, 0.1) is 12.5 Å². The number of ether oxygens (including phenoxy) is 1. The largest absolute Gasteiger partial charge is 0.435 e. The molecule has 1 rings (SSSR count). The van der Waals surface area contributed by atoms with E-state index in [0.717, 1.165) is 24.0 Å². The molecule has 17 heavy (non-hydrogen) atoms. The maximum Gasteiger partial charge on any atom is 0.387 e. The first-order valence-electron chi connectivity index (χ1n) is 5.17. The highest BCUT2D eigenvalue weighted by Gasteiger charge is 2.08.